The van der Waals surface area contributed by atoms with Gasteiger partial charge in [0.05, 0.1) is 34.4 Å². The fourth-order valence-corrected chi connectivity index (χ4v) is 7.02. The number of carbonyl (C=O) groups excluding carboxylic acids is 1. The summed E-state index contributed by atoms with van der Waals surface area (Å²) in [5, 5.41) is 0. The topological polar surface area (TPSA) is 91.3 Å². The molecule has 0 aliphatic heterocycles. The summed E-state index contributed by atoms with van der Waals surface area (Å²) in [6.07, 6.45) is 47.4. The number of carbonyl (C=O) groups is 1. The molecule has 56 heavy (non-hydrogen) atoms. The molecule has 0 heterocycles. The maximum Gasteiger partial charge on any atom is 0.472 e. The van der Waals surface area contributed by atoms with Crippen molar-refractivity contribution in [2.45, 2.75) is 206 Å². The summed E-state index contributed by atoms with van der Waals surface area (Å²) in [4.78, 5) is 22.9. The van der Waals surface area contributed by atoms with Crippen molar-refractivity contribution in [1.29, 1.82) is 0 Å². The third-order valence-electron chi connectivity index (χ3n) is 9.92. The molecule has 0 fully saturated rings. The van der Waals surface area contributed by atoms with Crippen LogP contribution in [-0.4, -0.2) is 75.6 Å². The lowest BCUT2D eigenvalue weighted by Gasteiger charge is -2.24. The third kappa shape index (κ3) is 43.8. The van der Waals surface area contributed by atoms with E-state index in [9.17, 15) is 14.3 Å². The van der Waals surface area contributed by atoms with Crippen LogP contribution < -0.4 is 0 Å². The maximum absolute atomic E-state index is 12.7. The number of ether oxygens (including phenoxy) is 2. The lowest BCUT2D eigenvalue weighted by molar-refractivity contribution is -0.870. The van der Waals surface area contributed by atoms with Crippen molar-refractivity contribution in [2.24, 2.45) is 0 Å². The lowest BCUT2D eigenvalue weighted by atomic mass is 10.1. The first-order chi connectivity index (χ1) is 27.1. The maximum atomic E-state index is 12.7. The highest BCUT2D eigenvalue weighted by Gasteiger charge is 2.26. The van der Waals surface area contributed by atoms with Crippen LogP contribution in [0.2, 0.25) is 0 Å². The van der Waals surface area contributed by atoms with Crippen molar-refractivity contribution in [2.75, 3.05) is 54.1 Å². The number of allylic oxidation sites excluding steroid dienone is 6. The number of nitrogens with zero attached hydrogens (tertiary/aromatic N) is 1. The van der Waals surface area contributed by atoms with Crippen molar-refractivity contribution in [3.8, 4) is 0 Å². The Labute approximate surface area is 346 Å². The Morgan fingerprint density at radius 2 is 0.982 bits per heavy atom. The van der Waals surface area contributed by atoms with E-state index in [1.807, 2.05) is 21.1 Å². The van der Waals surface area contributed by atoms with E-state index >= 15 is 0 Å². The molecule has 0 saturated heterocycles. The van der Waals surface area contributed by atoms with Crippen molar-refractivity contribution in [3.63, 3.8) is 0 Å². The number of likely N-dealkylation sites (N-methyl/N-ethyl adjacent to an activating group) is 1. The second-order valence-electron chi connectivity index (χ2n) is 16.8. The van der Waals surface area contributed by atoms with E-state index in [0.29, 0.717) is 24.1 Å². The molecule has 0 aliphatic rings. The number of esters is 1. The summed E-state index contributed by atoms with van der Waals surface area (Å²) in [6, 6.07) is 0. The number of unbranched alkanes of at least 4 members (excludes halogenated alkanes) is 23. The average molecular weight is 813 g/mol. The SMILES string of the molecule is CCCCCC/C=C\C/C=C\CCCCCCCC(=O)OC(COCCCCCCCCCC/C=C\CCCCCCCC)COP(=O)(O)OCC[N+](C)(C)C. The Morgan fingerprint density at radius 1 is 0.554 bits per heavy atom. The molecule has 0 spiro atoms. The number of hydrogen-bond donors (Lipinski definition) is 1. The molecule has 0 rings (SSSR count). The Hall–Kier alpha value is -1.28. The van der Waals surface area contributed by atoms with Gasteiger partial charge in [-0.2, -0.15) is 0 Å². The molecule has 0 aromatic heterocycles. The molecular formula is C47H91NO7P+. The van der Waals surface area contributed by atoms with Gasteiger partial charge in [0.2, 0.25) is 0 Å². The Bertz CT molecular complexity index is 994. The average Bonchev–Trinajstić information content (AvgIpc) is 3.15. The van der Waals surface area contributed by atoms with Gasteiger partial charge in [-0.3, -0.25) is 13.8 Å². The van der Waals surface area contributed by atoms with Gasteiger partial charge in [-0.15, -0.1) is 0 Å². The first-order valence-corrected chi connectivity index (χ1v) is 24.7. The molecule has 0 bridgehead atoms. The molecule has 0 amide bonds. The molecule has 2 unspecified atom stereocenters. The molecule has 0 aliphatic carbocycles. The van der Waals surface area contributed by atoms with E-state index < -0.39 is 13.9 Å². The molecule has 330 valence electrons. The summed E-state index contributed by atoms with van der Waals surface area (Å²) < 4.78 is 35.0. The lowest BCUT2D eigenvalue weighted by Crippen LogP contribution is -2.37. The number of rotatable bonds is 43. The molecule has 2 atom stereocenters. The number of phosphoric acid groups is 1. The van der Waals surface area contributed by atoms with Gasteiger partial charge >= 0.3 is 13.8 Å². The van der Waals surface area contributed by atoms with Gasteiger partial charge in [0.1, 0.15) is 19.3 Å². The van der Waals surface area contributed by atoms with E-state index in [-0.39, 0.29) is 25.8 Å². The van der Waals surface area contributed by atoms with Gasteiger partial charge in [-0.1, -0.05) is 159 Å². The monoisotopic (exact) mass is 813 g/mol. The predicted molar refractivity (Wildman–Crippen MR) is 238 cm³/mol. The van der Waals surface area contributed by atoms with Crippen LogP contribution in [0.15, 0.2) is 36.5 Å². The van der Waals surface area contributed by atoms with Crippen molar-refractivity contribution in [1.82, 2.24) is 0 Å². The summed E-state index contributed by atoms with van der Waals surface area (Å²) >= 11 is 0. The standard InChI is InChI=1S/C47H90NO7P/c1-6-8-10-12-14-16-18-20-22-24-25-27-29-31-33-35-37-39-42-52-44-46(45-54-56(50,51)53-43-41-48(3,4)5)55-47(49)40-38-36-34-32-30-28-26-23-21-19-17-15-13-11-9-7-2/h17,19-20,22-23,26,46H,6-16,18,21,24-25,27-45H2,1-5H3/p+1/b19-17-,22-20-,26-23-. The van der Waals surface area contributed by atoms with Crippen LogP contribution in [0.4, 0.5) is 0 Å². The third-order valence-corrected chi connectivity index (χ3v) is 10.9. The van der Waals surface area contributed by atoms with E-state index in [2.05, 4.69) is 50.3 Å². The van der Waals surface area contributed by atoms with Gasteiger partial charge < -0.3 is 18.9 Å². The molecular weight excluding hydrogens is 721 g/mol. The predicted octanol–water partition coefficient (Wildman–Crippen LogP) is 13.8. The van der Waals surface area contributed by atoms with E-state index in [4.69, 9.17) is 18.5 Å². The second-order valence-corrected chi connectivity index (χ2v) is 18.2. The van der Waals surface area contributed by atoms with Crippen LogP contribution in [0.3, 0.4) is 0 Å². The summed E-state index contributed by atoms with van der Waals surface area (Å²) in [6.45, 7) is 5.59. The first-order valence-electron chi connectivity index (χ1n) is 23.2. The van der Waals surface area contributed by atoms with Gasteiger partial charge in [-0.05, 0) is 70.6 Å². The second kappa shape index (κ2) is 40.5. The van der Waals surface area contributed by atoms with Gasteiger partial charge in [-0.25, -0.2) is 4.57 Å². The zero-order valence-electron chi connectivity index (χ0n) is 37.4. The molecule has 9 heteroatoms. The highest BCUT2D eigenvalue weighted by Crippen LogP contribution is 2.43. The van der Waals surface area contributed by atoms with Crippen molar-refractivity contribution in [3.05, 3.63) is 36.5 Å². The zero-order valence-corrected chi connectivity index (χ0v) is 38.3. The molecule has 0 aromatic rings. The number of quaternary nitrogens is 1. The molecule has 0 saturated carbocycles. The van der Waals surface area contributed by atoms with E-state index in [0.717, 1.165) is 57.8 Å². The van der Waals surface area contributed by atoms with Crippen LogP contribution in [0.25, 0.3) is 0 Å². The smallest absolute Gasteiger partial charge is 0.457 e. The van der Waals surface area contributed by atoms with Gasteiger partial charge in [0.25, 0.3) is 0 Å². The minimum atomic E-state index is -4.28. The number of phosphoric ester groups is 1. The summed E-state index contributed by atoms with van der Waals surface area (Å²) in [5.41, 5.74) is 0. The largest absolute Gasteiger partial charge is 0.472 e. The number of hydrogen-bond acceptors (Lipinski definition) is 6. The van der Waals surface area contributed by atoms with Crippen LogP contribution in [0.1, 0.15) is 200 Å². The first kappa shape index (κ1) is 54.7. The van der Waals surface area contributed by atoms with Gasteiger partial charge in [0, 0.05) is 13.0 Å². The molecule has 1 N–H and O–H groups in total. The summed E-state index contributed by atoms with van der Waals surface area (Å²) in [7, 11) is 1.66. The zero-order chi connectivity index (χ0) is 41.3. The minimum Gasteiger partial charge on any atom is -0.457 e. The van der Waals surface area contributed by atoms with Crippen molar-refractivity contribution >= 4 is 13.8 Å². The Morgan fingerprint density at radius 3 is 1.48 bits per heavy atom. The van der Waals surface area contributed by atoms with Crippen LogP contribution in [0.5, 0.6) is 0 Å². The molecule has 8 nitrogen and oxygen atoms in total. The Balaban J connectivity index is 4.23. The van der Waals surface area contributed by atoms with Crippen molar-refractivity contribution < 1.29 is 37.3 Å². The fourth-order valence-electron chi connectivity index (χ4n) is 6.28. The molecule has 0 radical (unpaired) electrons. The van der Waals surface area contributed by atoms with E-state index in [1.165, 1.54) is 122 Å². The Kier molecular flexibility index (Phi) is 39.6. The van der Waals surface area contributed by atoms with Gasteiger partial charge in [0.15, 0.2) is 0 Å². The molecule has 0 aromatic carbocycles. The summed E-state index contributed by atoms with van der Waals surface area (Å²) in [5.74, 6) is -0.327. The highest BCUT2D eigenvalue weighted by atomic mass is 31.2. The quantitative estimate of drug-likeness (QED) is 0.0215. The fraction of sp³-hybridized carbons (Fsp3) is 0.851. The highest BCUT2D eigenvalue weighted by molar-refractivity contribution is 7.47. The van der Waals surface area contributed by atoms with Crippen LogP contribution in [-0.2, 0) is 27.9 Å². The van der Waals surface area contributed by atoms with Crippen LogP contribution in [0, 0.1) is 0 Å². The van der Waals surface area contributed by atoms with E-state index in [1.54, 1.807) is 0 Å². The minimum absolute atomic E-state index is 0.0851. The van der Waals surface area contributed by atoms with Crippen LogP contribution >= 0.6 is 7.82 Å². The normalized spacial score (nSPS) is 14.0.